The summed E-state index contributed by atoms with van der Waals surface area (Å²) in [5.74, 6) is -5.26. The Labute approximate surface area is 236 Å². The van der Waals surface area contributed by atoms with Gasteiger partial charge in [0.15, 0.2) is 0 Å². The van der Waals surface area contributed by atoms with Crippen LogP contribution in [0, 0.1) is 5.41 Å². The van der Waals surface area contributed by atoms with Gasteiger partial charge in [0.25, 0.3) is 0 Å². The zero-order chi connectivity index (χ0) is 31.4. The molecule has 234 valence electrons. The number of carbonyl (C=O) groups is 1. The highest BCUT2D eigenvalue weighted by Crippen LogP contribution is 2.48. The molecule has 1 aromatic carbocycles. The van der Waals surface area contributed by atoms with E-state index in [1.807, 2.05) is 19.9 Å². The van der Waals surface area contributed by atoms with Crippen LogP contribution in [0.4, 0.5) is 22.0 Å². The van der Waals surface area contributed by atoms with Gasteiger partial charge in [0.05, 0.1) is 0 Å². The summed E-state index contributed by atoms with van der Waals surface area (Å²) in [6, 6.07) is 12.1. The van der Waals surface area contributed by atoms with Crippen molar-refractivity contribution in [2.45, 2.75) is 90.9 Å². The van der Waals surface area contributed by atoms with Gasteiger partial charge in [0.1, 0.15) is 0 Å². The van der Waals surface area contributed by atoms with E-state index in [9.17, 15) is 22.0 Å². The molecule has 2 saturated carbocycles. The molecule has 0 atom stereocenters. The molecule has 3 fully saturated rings. The topological polar surface area (TPSA) is 98.8 Å². The van der Waals surface area contributed by atoms with Gasteiger partial charge in [0, 0.05) is 45.4 Å². The first-order valence-electron chi connectivity index (χ1n) is 13.7. The van der Waals surface area contributed by atoms with Crippen LogP contribution in [0.2, 0.25) is 0 Å². The fourth-order valence-electron chi connectivity index (χ4n) is 4.01. The van der Waals surface area contributed by atoms with Crippen molar-refractivity contribution in [1.82, 2.24) is 10.2 Å². The third-order valence-electron chi connectivity index (χ3n) is 5.56. The van der Waals surface area contributed by atoms with Crippen molar-refractivity contribution >= 4 is 12.0 Å². The summed E-state index contributed by atoms with van der Waals surface area (Å²) in [6.07, 6.45) is 6.00. The fraction of sp³-hybridized carbons (Fsp3) is 0.690. The molecule has 3 aliphatic rings. The van der Waals surface area contributed by atoms with Gasteiger partial charge in [-0.1, -0.05) is 63.3 Å². The summed E-state index contributed by atoms with van der Waals surface area (Å²) in [7, 11) is 1.00. The third-order valence-corrected chi connectivity index (χ3v) is 5.56. The quantitative estimate of drug-likeness (QED) is 0.298. The zero-order valence-corrected chi connectivity index (χ0v) is 24.8. The number of nitrogens with two attached hydrogens (primary N) is 1. The average Bonchev–Trinajstić information content (AvgIpc) is 3.67. The molecule has 1 aliphatic heterocycles. The van der Waals surface area contributed by atoms with Crippen LogP contribution in [0.3, 0.4) is 0 Å². The van der Waals surface area contributed by atoms with Gasteiger partial charge in [-0.25, -0.2) is 13.6 Å². The second-order valence-corrected chi connectivity index (χ2v) is 9.90. The highest BCUT2D eigenvalue weighted by atomic mass is 19.4. The molecule has 1 aromatic rings. The smallest absolute Gasteiger partial charge is 0.475 e. The number of rotatable bonds is 6. The van der Waals surface area contributed by atoms with Crippen LogP contribution in [-0.4, -0.2) is 78.6 Å². The normalized spacial score (nSPS) is 17.4. The van der Waals surface area contributed by atoms with Crippen molar-refractivity contribution in [2.24, 2.45) is 11.1 Å². The molecule has 0 bridgehead atoms. The Balaban J connectivity index is 0. The Bertz CT molecular complexity index is 778. The number of hydrogen-bond donors (Lipinski definition) is 4. The highest BCUT2D eigenvalue weighted by Gasteiger charge is 2.52. The van der Waals surface area contributed by atoms with Crippen LogP contribution in [0.5, 0.6) is 0 Å². The third kappa shape index (κ3) is 20.8. The van der Waals surface area contributed by atoms with E-state index in [2.05, 4.69) is 53.6 Å². The number of alkyl halides is 5. The maximum atomic E-state index is 11.0. The Kier molecular flexibility index (Phi) is 20.8. The van der Waals surface area contributed by atoms with E-state index in [4.69, 9.17) is 20.7 Å². The van der Waals surface area contributed by atoms with Gasteiger partial charge in [-0.15, -0.1) is 0 Å². The van der Waals surface area contributed by atoms with Gasteiger partial charge in [0.2, 0.25) is 5.92 Å². The number of carboxylic acid groups (broad SMARTS) is 1. The summed E-state index contributed by atoms with van der Waals surface area (Å²) in [5.41, 5.74) is 7.53. The first-order chi connectivity index (χ1) is 18.7. The fourth-order valence-corrected chi connectivity index (χ4v) is 4.01. The summed E-state index contributed by atoms with van der Waals surface area (Å²) in [4.78, 5) is 11.4. The van der Waals surface area contributed by atoms with Crippen LogP contribution >= 0.6 is 0 Å². The van der Waals surface area contributed by atoms with Crippen LogP contribution in [0.15, 0.2) is 36.4 Å². The molecular weight excluding hydrogens is 533 g/mol. The number of aliphatic hydroxyl groups is 1. The highest BCUT2D eigenvalue weighted by molar-refractivity contribution is 5.73. The van der Waals surface area contributed by atoms with Crippen molar-refractivity contribution < 1.29 is 37.0 Å². The van der Waals surface area contributed by atoms with Crippen LogP contribution in [-0.2, 0) is 4.79 Å². The number of halogens is 5. The second-order valence-electron chi connectivity index (χ2n) is 9.90. The van der Waals surface area contributed by atoms with Gasteiger partial charge in [-0.2, -0.15) is 13.2 Å². The standard InChI is InChI=1S/C11H21N3.C10H12.C3H6F2.C2HF3O2.C2H6.CH4O/c12-3-4-14-7-11(8-14)5-10(6-11)13-9-1-2-9;1-2-3-7-10-8-5-4-6-9-10;1-3(2,4)5;3-2(4,5)1(6)7;2*1-2/h9-10,13H,1-8,12H2;3-9H,2H2,1H3;1-2H3;(H,6,7);1-2H3;2H,1H3/b;7-3-;;;;. The first-order valence-corrected chi connectivity index (χ1v) is 13.7. The Hall–Kier alpha value is -2.08. The number of likely N-dealkylation sites (tertiary alicyclic amines) is 1. The van der Waals surface area contributed by atoms with Crippen LogP contribution in [0.25, 0.3) is 6.08 Å². The molecule has 1 heterocycles. The number of nitrogens with one attached hydrogen (secondary N) is 1. The monoisotopic (exact) mass is 583 g/mol. The lowest BCUT2D eigenvalue weighted by Gasteiger charge is -2.59. The number of nitrogens with zero attached hydrogens (tertiary/aromatic N) is 1. The lowest BCUT2D eigenvalue weighted by molar-refractivity contribution is -0.192. The van der Waals surface area contributed by atoms with Crippen molar-refractivity contribution in [3.63, 3.8) is 0 Å². The number of hydrogen-bond acceptors (Lipinski definition) is 5. The van der Waals surface area contributed by atoms with E-state index in [1.165, 1.54) is 44.3 Å². The molecule has 40 heavy (non-hydrogen) atoms. The van der Waals surface area contributed by atoms with Crippen molar-refractivity contribution in [3.8, 4) is 0 Å². The Morgan fingerprint density at radius 1 is 1.05 bits per heavy atom. The Morgan fingerprint density at radius 3 is 1.85 bits per heavy atom. The minimum absolute atomic E-state index is 0.710. The van der Waals surface area contributed by atoms with Crippen LogP contribution < -0.4 is 11.1 Å². The molecule has 0 aromatic heterocycles. The predicted octanol–water partition coefficient (Wildman–Crippen LogP) is 6.20. The molecule has 11 heteroatoms. The van der Waals surface area contributed by atoms with Crippen molar-refractivity contribution in [2.75, 3.05) is 33.3 Å². The average molecular weight is 584 g/mol. The lowest BCUT2D eigenvalue weighted by Crippen LogP contribution is -2.66. The first kappa shape index (κ1) is 40.1. The molecule has 0 amide bonds. The van der Waals surface area contributed by atoms with Crippen molar-refractivity contribution in [1.29, 1.82) is 0 Å². The van der Waals surface area contributed by atoms with Crippen LogP contribution in [0.1, 0.15) is 72.3 Å². The van der Waals surface area contributed by atoms with Gasteiger partial charge >= 0.3 is 12.1 Å². The van der Waals surface area contributed by atoms with E-state index >= 15 is 0 Å². The summed E-state index contributed by atoms with van der Waals surface area (Å²) in [6.45, 7) is 12.4. The Morgan fingerprint density at radius 2 is 1.50 bits per heavy atom. The zero-order valence-electron chi connectivity index (χ0n) is 24.8. The number of aliphatic hydroxyl groups excluding tert-OH is 1. The largest absolute Gasteiger partial charge is 0.490 e. The molecule has 0 unspecified atom stereocenters. The molecule has 5 N–H and O–H groups in total. The van der Waals surface area contributed by atoms with Gasteiger partial charge in [-0.3, -0.25) is 0 Å². The molecule has 1 spiro atoms. The van der Waals surface area contributed by atoms with E-state index in [-0.39, 0.29) is 0 Å². The second kappa shape index (κ2) is 20.7. The number of allylic oxidation sites excluding steroid dienone is 1. The van der Waals surface area contributed by atoms with Gasteiger partial charge < -0.3 is 26.2 Å². The maximum Gasteiger partial charge on any atom is 0.490 e. The van der Waals surface area contributed by atoms with E-state index < -0.39 is 18.1 Å². The maximum absolute atomic E-state index is 11.0. The molecule has 0 radical (unpaired) electrons. The number of benzene rings is 1. The molecule has 6 nitrogen and oxygen atoms in total. The van der Waals surface area contributed by atoms with Crippen molar-refractivity contribution in [3.05, 3.63) is 42.0 Å². The van der Waals surface area contributed by atoms with E-state index in [0.717, 1.165) is 52.6 Å². The molecule has 4 rings (SSSR count). The number of aliphatic carboxylic acids is 1. The minimum Gasteiger partial charge on any atom is -0.475 e. The molecular formula is C29H50F5N3O3. The van der Waals surface area contributed by atoms with E-state index in [0.29, 0.717) is 5.41 Å². The number of carboxylic acids is 1. The molecule has 1 saturated heterocycles. The minimum atomic E-state index is -5.08. The predicted molar refractivity (Wildman–Crippen MR) is 152 cm³/mol. The summed E-state index contributed by atoms with van der Waals surface area (Å²) >= 11 is 0. The SMILES string of the molecule is CC.CC(C)(F)F.CC/C=C\c1ccccc1.CO.NCCN1CC2(CC(NC3CC3)C2)C1.O=C(O)C(F)(F)F. The lowest BCUT2D eigenvalue weighted by atomic mass is 9.60. The summed E-state index contributed by atoms with van der Waals surface area (Å²) < 4.78 is 53.8. The van der Waals surface area contributed by atoms with E-state index in [1.54, 1.807) is 0 Å². The summed E-state index contributed by atoms with van der Waals surface area (Å²) in [5, 5.41) is 17.8. The van der Waals surface area contributed by atoms with Gasteiger partial charge in [-0.05, 0) is 56.9 Å². The molecule has 2 aliphatic carbocycles.